The average Bonchev–Trinajstić information content (AvgIpc) is 3.38. The van der Waals surface area contributed by atoms with Crippen LogP contribution in [-0.2, 0) is 14.3 Å². The third kappa shape index (κ3) is 4.38. The van der Waals surface area contributed by atoms with Gasteiger partial charge in [-0.25, -0.2) is 9.79 Å². The summed E-state index contributed by atoms with van der Waals surface area (Å²) in [4.78, 5) is 58.5. The number of carbonyl (C=O) groups excluding carboxylic acids is 2. The number of esters is 1. The lowest BCUT2D eigenvalue weighted by Crippen LogP contribution is -2.41. The van der Waals surface area contributed by atoms with E-state index in [9.17, 15) is 24.5 Å². The van der Waals surface area contributed by atoms with E-state index in [1.165, 1.54) is 22.8 Å². The zero-order chi connectivity index (χ0) is 27.8. The number of aromatic nitrogens is 1. The maximum atomic E-state index is 14.1. The van der Waals surface area contributed by atoms with Crippen LogP contribution in [0.2, 0.25) is 0 Å². The van der Waals surface area contributed by atoms with Crippen molar-refractivity contribution in [3.8, 4) is 0 Å². The Balaban J connectivity index is 1.80. The molecule has 5 rings (SSSR count). The number of unbranched alkanes of at least 4 members (excludes halogenated alkanes) is 1. The summed E-state index contributed by atoms with van der Waals surface area (Å²) >= 11 is 1.07. The molecule has 0 aliphatic carbocycles. The van der Waals surface area contributed by atoms with Gasteiger partial charge in [-0.15, -0.1) is 0 Å². The molecule has 2 aliphatic rings. The van der Waals surface area contributed by atoms with Gasteiger partial charge in [-0.2, -0.15) is 0 Å². The summed E-state index contributed by atoms with van der Waals surface area (Å²) in [6, 6.07) is 12.2. The van der Waals surface area contributed by atoms with Gasteiger partial charge in [0.2, 0.25) is 0 Å². The van der Waals surface area contributed by atoms with Crippen LogP contribution >= 0.6 is 11.3 Å². The molecule has 1 aromatic heterocycles. The molecule has 0 radical (unpaired) electrons. The Morgan fingerprint density at radius 3 is 2.64 bits per heavy atom. The summed E-state index contributed by atoms with van der Waals surface area (Å²) in [6.45, 7) is 5.98. The first-order valence-corrected chi connectivity index (χ1v) is 13.5. The number of anilines is 1. The summed E-state index contributed by atoms with van der Waals surface area (Å²) < 4.78 is 6.84. The van der Waals surface area contributed by atoms with E-state index in [2.05, 4.69) is 4.99 Å². The van der Waals surface area contributed by atoms with Crippen LogP contribution in [0, 0.1) is 10.1 Å². The molecular weight excluding hydrogens is 520 g/mol. The van der Waals surface area contributed by atoms with Gasteiger partial charge in [0, 0.05) is 24.2 Å². The summed E-state index contributed by atoms with van der Waals surface area (Å²) in [5, 5.41) is 11.5. The van der Waals surface area contributed by atoms with Gasteiger partial charge in [-0.05, 0) is 31.9 Å². The third-order valence-electron chi connectivity index (χ3n) is 6.77. The fourth-order valence-corrected chi connectivity index (χ4v) is 6.14. The van der Waals surface area contributed by atoms with E-state index in [0.717, 1.165) is 29.9 Å². The van der Waals surface area contributed by atoms with E-state index >= 15 is 0 Å². The summed E-state index contributed by atoms with van der Waals surface area (Å²) in [6.07, 6.45) is 1.71. The number of nitro groups is 1. The molecule has 1 atom stereocenters. The van der Waals surface area contributed by atoms with Crippen molar-refractivity contribution in [1.82, 2.24) is 4.57 Å². The summed E-state index contributed by atoms with van der Waals surface area (Å²) in [7, 11) is 0. The van der Waals surface area contributed by atoms with Crippen molar-refractivity contribution in [1.29, 1.82) is 0 Å². The monoisotopic (exact) mass is 546 g/mol. The van der Waals surface area contributed by atoms with Crippen molar-refractivity contribution in [3.63, 3.8) is 0 Å². The number of nitrogens with zero attached hydrogens (tertiary/aromatic N) is 4. The predicted octanol–water partition coefficient (Wildman–Crippen LogP) is 3.22. The van der Waals surface area contributed by atoms with Gasteiger partial charge < -0.3 is 9.64 Å². The van der Waals surface area contributed by atoms with Crippen molar-refractivity contribution in [2.24, 2.45) is 4.99 Å². The maximum Gasteiger partial charge on any atom is 0.338 e. The Morgan fingerprint density at radius 2 is 1.92 bits per heavy atom. The van der Waals surface area contributed by atoms with Gasteiger partial charge in [0.25, 0.3) is 17.2 Å². The highest BCUT2D eigenvalue weighted by atomic mass is 32.1. The van der Waals surface area contributed by atoms with E-state index < -0.39 is 22.5 Å². The summed E-state index contributed by atoms with van der Waals surface area (Å²) in [5.74, 6) is -0.926. The van der Waals surface area contributed by atoms with Gasteiger partial charge in [0.1, 0.15) is 4.53 Å². The topological polar surface area (TPSA) is 124 Å². The highest BCUT2D eigenvalue weighted by Gasteiger charge is 2.37. The number of hydrogen-bond donors (Lipinski definition) is 0. The lowest BCUT2D eigenvalue weighted by atomic mass is 9.95. The molecule has 0 spiro atoms. The fourth-order valence-electron chi connectivity index (χ4n) is 5.00. The van der Waals surface area contributed by atoms with Crippen LogP contribution in [0.1, 0.15) is 50.8 Å². The SMILES string of the molecule is CCCCN1C(=O)/C(=c2\sc3n(c2=O)C(c2cccc([N+](=O)[O-])c2)C(C(=O)OCC)=C(C)N=3)c2ccccc21. The van der Waals surface area contributed by atoms with E-state index in [-0.39, 0.29) is 28.3 Å². The van der Waals surface area contributed by atoms with E-state index in [1.807, 2.05) is 31.2 Å². The minimum atomic E-state index is -1.02. The smallest absolute Gasteiger partial charge is 0.338 e. The van der Waals surface area contributed by atoms with Crippen LogP contribution in [0.4, 0.5) is 11.4 Å². The zero-order valence-electron chi connectivity index (χ0n) is 21.7. The number of ether oxygens (including phenoxy) is 1. The molecule has 3 aromatic rings. The molecule has 200 valence electrons. The van der Waals surface area contributed by atoms with Crippen LogP contribution in [0.5, 0.6) is 0 Å². The van der Waals surface area contributed by atoms with Crippen LogP contribution in [0.3, 0.4) is 0 Å². The largest absolute Gasteiger partial charge is 0.463 e. The van der Waals surface area contributed by atoms with Crippen LogP contribution in [0.25, 0.3) is 5.57 Å². The third-order valence-corrected chi connectivity index (χ3v) is 7.83. The molecule has 2 aromatic carbocycles. The Kier molecular flexibility index (Phi) is 7.00. The second-order valence-corrected chi connectivity index (χ2v) is 10.2. The number of hydrogen-bond acceptors (Lipinski definition) is 8. The molecule has 1 amide bonds. The first-order chi connectivity index (χ1) is 18.8. The standard InChI is InChI=1S/C28H26N4O6S/c1-4-6-14-30-20-13-8-7-12-19(20)22(25(30)33)24-26(34)31-23(17-10-9-11-18(15-17)32(36)37)21(27(35)38-5-2)16(3)29-28(31)39-24/h7-13,15,23H,4-6,14H2,1-3H3/b24-22-. The Bertz CT molecular complexity index is 1730. The predicted molar refractivity (Wildman–Crippen MR) is 146 cm³/mol. The number of para-hydroxylation sites is 1. The molecule has 2 aliphatic heterocycles. The lowest BCUT2D eigenvalue weighted by Gasteiger charge is -2.24. The van der Waals surface area contributed by atoms with Crippen molar-refractivity contribution in [3.05, 3.63) is 101 Å². The number of benzene rings is 2. The highest BCUT2D eigenvalue weighted by Crippen LogP contribution is 2.36. The van der Waals surface area contributed by atoms with Crippen LogP contribution < -0.4 is 19.8 Å². The van der Waals surface area contributed by atoms with Crippen LogP contribution in [0.15, 0.2) is 69.6 Å². The van der Waals surface area contributed by atoms with E-state index in [1.54, 1.807) is 24.8 Å². The lowest BCUT2D eigenvalue weighted by molar-refractivity contribution is -0.384. The molecule has 0 bridgehead atoms. The number of rotatable bonds is 7. The molecule has 0 fully saturated rings. The Hall–Kier alpha value is -4.38. The van der Waals surface area contributed by atoms with Gasteiger partial charge in [0.05, 0.1) is 40.1 Å². The number of amides is 1. The Labute approximate surface area is 227 Å². The first kappa shape index (κ1) is 26.2. The van der Waals surface area contributed by atoms with Crippen molar-refractivity contribution in [2.75, 3.05) is 18.1 Å². The number of thiazole rings is 1. The maximum absolute atomic E-state index is 14.1. The number of carbonyl (C=O) groups is 2. The minimum absolute atomic E-state index is 0.102. The second kappa shape index (κ2) is 10.4. The number of non-ortho nitro benzene ring substituents is 1. The molecule has 39 heavy (non-hydrogen) atoms. The van der Waals surface area contributed by atoms with Crippen molar-refractivity contribution < 1.29 is 19.2 Å². The van der Waals surface area contributed by atoms with Gasteiger partial charge >= 0.3 is 5.97 Å². The number of fused-ring (bicyclic) bond motifs is 2. The van der Waals surface area contributed by atoms with Gasteiger partial charge in [0.15, 0.2) is 4.80 Å². The molecular formula is C28H26N4O6S. The van der Waals surface area contributed by atoms with Gasteiger partial charge in [-0.1, -0.05) is 55.0 Å². The molecule has 11 heteroatoms. The molecule has 1 unspecified atom stereocenters. The van der Waals surface area contributed by atoms with Crippen molar-refractivity contribution in [2.45, 2.75) is 39.7 Å². The van der Waals surface area contributed by atoms with Gasteiger partial charge in [-0.3, -0.25) is 24.3 Å². The first-order valence-electron chi connectivity index (χ1n) is 12.7. The highest BCUT2D eigenvalue weighted by molar-refractivity contribution is 7.07. The molecule has 3 heterocycles. The fraction of sp³-hybridized carbons (Fsp3) is 0.286. The minimum Gasteiger partial charge on any atom is -0.463 e. The second-order valence-electron chi connectivity index (χ2n) is 9.18. The van der Waals surface area contributed by atoms with E-state index in [0.29, 0.717) is 33.7 Å². The molecule has 10 nitrogen and oxygen atoms in total. The molecule has 0 saturated carbocycles. The number of allylic oxidation sites excluding steroid dienone is 1. The summed E-state index contributed by atoms with van der Waals surface area (Å²) in [5.41, 5.74) is 1.84. The zero-order valence-corrected chi connectivity index (χ0v) is 22.5. The normalized spacial score (nSPS) is 17.6. The van der Waals surface area contributed by atoms with E-state index in [4.69, 9.17) is 4.74 Å². The Morgan fingerprint density at radius 1 is 1.15 bits per heavy atom. The van der Waals surface area contributed by atoms with Crippen LogP contribution in [-0.4, -0.2) is 34.5 Å². The molecule has 0 N–H and O–H groups in total. The average molecular weight is 547 g/mol. The number of nitro benzene ring substituents is 1. The quantitative estimate of drug-likeness (QED) is 0.255. The van der Waals surface area contributed by atoms with Crippen molar-refractivity contribution >= 4 is 40.2 Å². The molecule has 0 saturated heterocycles.